The van der Waals surface area contributed by atoms with Gasteiger partial charge >= 0.3 is 6.03 Å². The molecule has 29 heavy (non-hydrogen) atoms. The van der Waals surface area contributed by atoms with Crippen molar-refractivity contribution in [1.29, 1.82) is 0 Å². The number of carbonyl (C=O) groups excluding carboxylic acids is 2. The predicted molar refractivity (Wildman–Crippen MR) is 113 cm³/mol. The molecule has 0 radical (unpaired) electrons. The van der Waals surface area contributed by atoms with Crippen molar-refractivity contribution in [2.24, 2.45) is 0 Å². The molecule has 3 aromatic rings. The lowest BCUT2D eigenvalue weighted by atomic mass is 10.2. The highest BCUT2D eigenvalue weighted by molar-refractivity contribution is 7.14. The Morgan fingerprint density at radius 3 is 2.62 bits per heavy atom. The third kappa shape index (κ3) is 4.22. The van der Waals surface area contributed by atoms with Gasteiger partial charge in [-0.15, -0.1) is 11.3 Å². The monoisotopic (exact) mass is 408 g/mol. The van der Waals surface area contributed by atoms with Gasteiger partial charge in [-0.3, -0.25) is 9.69 Å². The molecular weight excluding hydrogens is 388 g/mol. The summed E-state index contributed by atoms with van der Waals surface area (Å²) in [4.78, 5) is 33.0. The lowest BCUT2D eigenvalue weighted by Gasteiger charge is -2.16. The summed E-state index contributed by atoms with van der Waals surface area (Å²) in [5.41, 5.74) is 2.02. The number of methoxy groups -OCH3 is 1. The van der Waals surface area contributed by atoms with Crippen LogP contribution in [-0.2, 0) is 6.54 Å². The number of urea groups is 1. The number of thiazole rings is 1. The number of nitrogens with one attached hydrogen (secondary N) is 1. The van der Waals surface area contributed by atoms with E-state index in [-0.39, 0.29) is 17.6 Å². The van der Waals surface area contributed by atoms with Crippen LogP contribution < -0.4 is 15.0 Å². The third-order valence-electron chi connectivity index (χ3n) is 4.61. The molecule has 0 spiro atoms. The van der Waals surface area contributed by atoms with Crippen molar-refractivity contribution in [2.75, 3.05) is 30.4 Å². The Morgan fingerprint density at radius 2 is 1.90 bits per heavy atom. The first-order valence-corrected chi connectivity index (χ1v) is 10.0. The van der Waals surface area contributed by atoms with Gasteiger partial charge in [0.1, 0.15) is 11.4 Å². The highest BCUT2D eigenvalue weighted by atomic mass is 32.1. The van der Waals surface area contributed by atoms with Crippen molar-refractivity contribution in [3.05, 3.63) is 71.2 Å². The summed E-state index contributed by atoms with van der Waals surface area (Å²) in [5, 5.41) is 5.00. The molecule has 8 heteroatoms. The molecule has 1 aliphatic heterocycles. The summed E-state index contributed by atoms with van der Waals surface area (Å²) < 4.78 is 5.11. The fourth-order valence-electron chi connectivity index (χ4n) is 3.07. The zero-order valence-corrected chi connectivity index (χ0v) is 16.7. The van der Waals surface area contributed by atoms with E-state index in [1.165, 1.54) is 11.3 Å². The molecule has 148 valence electrons. The molecule has 1 aliphatic rings. The smallest absolute Gasteiger partial charge is 0.326 e. The molecule has 0 aliphatic carbocycles. The number of nitrogens with zero attached hydrogens (tertiary/aromatic N) is 3. The van der Waals surface area contributed by atoms with Gasteiger partial charge < -0.3 is 15.0 Å². The molecule has 0 unspecified atom stereocenters. The van der Waals surface area contributed by atoms with Crippen molar-refractivity contribution >= 4 is 34.1 Å². The third-order valence-corrected chi connectivity index (χ3v) is 5.48. The Hall–Kier alpha value is -3.39. The zero-order chi connectivity index (χ0) is 20.2. The standard InChI is InChI=1S/C21H20N4O3S/c1-28-17-9-7-16(8-10-17)22-19(26)18-14-29-20(23-18)25-12-11-24(21(25)27)13-15-5-3-2-4-6-15/h2-10,14H,11-13H2,1H3,(H,22,26). The Balaban J connectivity index is 1.40. The second kappa shape index (κ2) is 8.32. The van der Waals surface area contributed by atoms with E-state index >= 15 is 0 Å². The van der Waals surface area contributed by atoms with Gasteiger partial charge in [0.2, 0.25) is 0 Å². The normalized spacial score (nSPS) is 13.6. The van der Waals surface area contributed by atoms with Crippen molar-refractivity contribution in [3.8, 4) is 5.75 Å². The van der Waals surface area contributed by atoms with Gasteiger partial charge in [0, 0.05) is 30.7 Å². The first kappa shape index (κ1) is 18.9. The van der Waals surface area contributed by atoms with Crippen LogP contribution in [0.4, 0.5) is 15.6 Å². The molecule has 0 atom stereocenters. The number of benzene rings is 2. The first-order valence-electron chi connectivity index (χ1n) is 9.15. The average Bonchev–Trinajstić information content (AvgIpc) is 3.37. The maximum absolute atomic E-state index is 12.7. The Kier molecular flexibility index (Phi) is 5.44. The van der Waals surface area contributed by atoms with Gasteiger partial charge in [-0.05, 0) is 29.8 Å². The molecule has 0 bridgehead atoms. The summed E-state index contributed by atoms with van der Waals surface area (Å²) in [6.45, 7) is 1.74. The SMILES string of the molecule is COc1ccc(NC(=O)c2csc(N3CCN(Cc4ccccc4)C3=O)n2)cc1. The van der Waals surface area contributed by atoms with Gasteiger partial charge in [0.05, 0.1) is 7.11 Å². The summed E-state index contributed by atoms with van der Waals surface area (Å²) in [6, 6.07) is 16.8. The van der Waals surface area contributed by atoms with Gasteiger partial charge in [0.15, 0.2) is 5.13 Å². The maximum Gasteiger partial charge on any atom is 0.326 e. The maximum atomic E-state index is 12.7. The van der Waals surface area contributed by atoms with Gasteiger partial charge in [-0.1, -0.05) is 30.3 Å². The zero-order valence-electron chi connectivity index (χ0n) is 15.9. The van der Waals surface area contributed by atoms with Crippen LogP contribution in [0, 0.1) is 0 Å². The predicted octanol–water partition coefficient (Wildman–Crippen LogP) is 3.85. The number of rotatable bonds is 6. The largest absolute Gasteiger partial charge is 0.497 e. The van der Waals surface area contributed by atoms with E-state index in [0.29, 0.717) is 36.2 Å². The van der Waals surface area contributed by atoms with E-state index in [2.05, 4.69) is 10.3 Å². The molecule has 3 amide bonds. The van der Waals surface area contributed by atoms with Crippen LogP contribution in [0.25, 0.3) is 0 Å². The number of anilines is 2. The fourth-order valence-corrected chi connectivity index (χ4v) is 3.90. The van der Waals surface area contributed by atoms with E-state index in [9.17, 15) is 9.59 Å². The van der Waals surface area contributed by atoms with Crippen LogP contribution >= 0.6 is 11.3 Å². The highest BCUT2D eigenvalue weighted by Gasteiger charge is 2.31. The van der Waals surface area contributed by atoms with Gasteiger partial charge in [-0.25, -0.2) is 9.78 Å². The highest BCUT2D eigenvalue weighted by Crippen LogP contribution is 2.26. The molecule has 2 heterocycles. The van der Waals surface area contributed by atoms with Crippen LogP contribution in [0.1, 0.15) is 16.1 Å². The number of aromatic nitrogens is 1. The minimum atomic E-state index is -0.314. The van der Waals surface area contributed by atoms with Crippen LogP contribution in [0.5, 0.6) is 5.75 Å². The summed E-state index contributed by atoms with van der Waals surface area (Å²) in [6.07, 6.45) is 0. The van der Waals surface area contributed by atoms with Gasteiger partial charge in [-0.2, -0.15) is 0 Å². The van der Waals surface area contributed by atoms with E-state index < -0.39 is 0 Å². The molecule has 4 rings (SSSR count). The number of carbonyl (C=O) groups is 2. The summed E-state index contributed by atoms with van der Waals surface area (Å²) in [7, 11) is 1.59. The molecule has 2 aromatic carbocycles. The van der Waals surface area contributed by atoms with Crippen molar-refractivity contribution in [2.45, 2.75) is 6.54 Å². The molecule has 7 nitrogen and oxygen atoms in total. The second-order valence-corrected chi connectivity index (χ2v) is 7.38. The summed E-state index contributed by atoms with van der Waals surface area (Å²) >= 11 is 1.29. The molecule has 1 fully saturated rings. The number of hydrogen-bond donors (Lipinski definition) is 1. The lowest BCUT2D eigenvalue weighted by molar-refractivity contribution is 0.102. The van der Waals surface area contributed by atoms with Crippen molar-refractivity contribution < 1.29 is 14.3 Å². The minimum absolute atomic E-state index is 0.0923. The molecule has 1 saturated heterocycles. The van der Waals surface area contributed by atoms with Crippen molar-refractivity contribution in [1.82, 2.24) is 9.88 Å². The Labute approximate surface area is 172 Å². The number of amides is 3. The van der Waals surface area contributed by atoms with E-state index in [1.54, 1.807) is 46.6 Å². The number of hydrogen-bond acceptors (Lipinski definition) is 5. The molecule has 0 saturated carbocycles. The van der Waals surface area contributed by atoms with Crippen molar-refractivity contribution in [3.63, 3.8) is 0 Å². The molecule has 1 aromatic heterocycles. The topological polar surface area (TPSA) is 74.8 Å². The number of ether oxygens (including phenoxy) is 1. The van der Waals surface area contributed by atoms with E-state index in [0.717, 1.165) is 5.56 Å². The quantitative estimate of drug-likeness (QED) is 0.672. The van der Waals surface area contributed by atoms with Crippen LogP contribution in [0.15, 0.2) is 60.0 Å². The Morgan fingerprint density at radius 1 is 1.14 bits per heavy atom. The van der Waals surface area contributed by atoms with Crippen LogP contribution in [0.3, 0.4) is 0 Å². The van der Waals surface area contributed by atoms with Gasteiger partial charge in [0.25, 0.3) is 5.91 Å². The van der Waals surface area contributed by atoms with E-state index in [4.69, 9.17) is 4.74 Å². The fraction of sp³-hybridized carbons (Fsp3) is 0.190. The lowest BCUT2D eigenvalue weighted by Crippen LogP contribution is -2.31. The minimum Gasteiger partial charge on any atom is -0.497 e. The Bertz CT molecular complexity index is 1000. The van der Waals surface area contributed by atoms with E-state index in [1.807, 2.05) is 30.3 Å². The van der Waals surface area contributed by atoms with Crippen LogP contribution in [0.2, 0.25) is 0 Å². The average molecular weight is 408 g/mol. The first-order chi connectivity index (χ1) is 14.1. The molecule has 1 N–H and O–H groups in total. The molecular formula is C21H20N4O3S. The summed E-state index contributed by atoms with van der Waals surface area (Å²) in [5.74, 6) is 0.400. The van der Waals surface area contributed by atoms with Crippen LogP contribution in [-0.4, -0.2) is 42.0 Å². The second-order valence-electron chi connectivity index (χ2n) is 6.54.